The van der Waals surface area contributed by atoms with Crippen molar-refractivity contribution in [1.29, 1.82) is 0 Å². The van der Waals surface area contributed by atoms with E-state index in [1.54, 1.807) is 25.3 Å². The van der Waals surface area contributed by atoms with Crippen LogP contribution in [0.1, 0.15) is 30.6 Å². The van der Waals surface area contributed by atoms with E-state index in [0.717, 1.165) is 18.7 Å². The Morgan fingerprint density at radius 1 is 1.29 bits per heavy atom. The highest BCUT2D eigenvalue weighted by Crippen LogP contribution is 2.20. The van der Waals surface area contributed by atoms with Gasteiger partial charge in [0.05, 0.1) is 18.8 Å². The number of nitrogens with one attached hydrogen (secondary N) is 1. The number of ether oxygens (including phenoxy) is 1. The van der Waals surface area contributed by atoms with Crippen LogP contribution < -0.4 is 10.1 Å². The largest absolute Gasteiger partial charge is 0.481 e. The minimum absolute atomic E-state index is 0.0706. The summed E-state index contributed by atoms with van der Waals surface area (Å²) in [6, 6.07) is 8.53. The fourth-order valence-electron chi connectivity index (χ4n) is 2.14. The van der Waals surface area contributed by atoms with Crippen molar-refractivity contribution in [3.05, 3.63) is 53.7 Å². The molecule has 2 aromatic rings. The molecule has 2 rings (SSSR count). The molecular weight excluding hydrogens is 269 g/mol. The van der Waals surface area contributed by atoms with Crippen molar-refractivity contribution in [3.8, 4) is 5.88 Å². The van der Waals surface area contributed by atoms with Crippen molar-refractivity contribution in [3.63, 3.8) is 0 Å². The second kappa shape index (κ2) is 7.69. The van der Waals surface area contributed by atoms with Crippen LogP contribution >= 0.6 is 0 Å². The van der Waals surface area contributed by atoms with Crippen molar-refractivity contribution in [2.45, 2.75) is 25.8 Å². The Balaban J connectivity index is 2.23. The van der Waals surface area contributed by atoms with E-state index in [1.165, 1.54) is 12.4 Å². The normalized spacial score (nSPS) is 12.1. The molecule has 21 heavy (non-hydrogen) atoms. The van der Waals surface area contributed by atoms with E-state index in [2.05, 4.69) is 22.2 Å². The predicted molar refractivity (Wildman–Crippen MR) is 79.7 cm³/mol. The van der Waals surface area contributed by atoms with Crippen molar-refractivity contribution in [1.82, 2.24) is 15.3 Å². The molecule has 0 aliphatic carbocycles. The smallest absolute Gasteiger partial charge is 0.216 e. The predicted octanol–water partition coefficient (Wildman–Crippen LogP) is 2.91. The van der Waals surface area contributed by atoms with E-state index in [4.69, 9.17) is 4.74 Å². The van der Waals surface area contributed by atoms with Gasteiger partial charge in [0.2, 0.25) is 5.88 Å². The number of hydrogen-bond donors (Lipinski definition) is 1. The Labute approximate surface area is 124 Å². The molecule has 1 heterocycles. The van der Waals surface area contributed by atoms with Gasteiger partial charge in [-0.3, -0.25) is 0 Å². The van der Waals surface area contributed by atoms with Crippen LogP contribution in [0.2, 0.25) is 0 Å². The van der Waals surface area contributed by atoms with Crippen LogP contribution in [0.3, 0.4) is 0 Å². The minimum Gasteiger partial charge on any atom is -0.481 e. The highest BCUT2D eigenvalue weighted by Gasteiger charge is 2.16. The first kappa shape index (κ1) is 15.4. The molecule has 0 spiro atoms. The Kier molecular flexibility index (Phi) is 5.63. The Morgan fingerprint density at radius 3 is 2.81 bits per heavy atom. The maximum absolute atomic E-state index is 13.8. The van der Waals surface area contributed by atoms with Gasteiger partial charge in [-0.05, 0) is 31.0 Å². The van der Waals surface area contributed by atoms with Crippen LogP contribution in [0.25, 0.3) is 0 Å². The molecule has 0 bridgehead atoms. The number of benzene rings is 1. The fourth-order valence-corrected chi connectivity index (χ4v) is 2.14. The molecule has 1 aromatic carbocycles. The van der Waals surface area contributed by atoms with Crippen LogP contribution in [0, 0.1) is 5.82 Å². The van der Waals surface area contributed by atoms with Crippen molar-refractivity contribution in [2.24, 2.45) is 0 Å². The SMILES string of the molecule is CCCNC(Cc1ccccc1F)c1cc(OC)ncn1. The summed E-state index contributed by atoms with van der Waals surface area (Å²) in [4.78, 5) is 8.30. The summed E-state index contributed by atoms with van der Waals surface area (Å²) in [6.07, 6.45) is 3.00. The molecule has 0 radical (unpaired) electrons. The third-order valence-corrected chi connectivity index (χ3v) is 3.25. The molecule has 112 valence electrons. The van der Waals surface area contributed by atoms with Crippen LogP contribution in [0.15, 0.2) is 36.7 Å². The summed E-state index contributed by atoms with van der Waals surface area (Å²) < 4.78 is 19.0. The molecule has 0 fully saturated rings. The average molecular weight is 289 g/mol. The number of nitrogens with zero attached hydrogens (tertiary/aromatic N) is 2. The molecule has 1 aromatic heterocycles. The highest BCUT2D eigenvalue weighted by atomic mass is 19.1. The van der Waals surface area contributed by atoms with Gasteiger partial charge in [0.1, 0.15) is 12.1 Å². The van der Waals surface area contributed by atoms with Crippen LogP contribution in [-0.4, -0.2) is 23.6 Å². The topological polar surface area (TPSA) is 47.0 Å². The van der Waals surface area contributed by atoms with Gasteiger partial charge in [-0.15, -0.1) is 0 Å². The zero-order chi connectivity index (χ0) is 15.1. The standard InChI is InChI=1S/C16H20FN3O/c1-3-8-18-14(9-12-6-4-5-7-13(12)17)15-10-16(21-2)20-11-19-15/h4-7,10-11,14,18H,3,8-9H2,1-2H3. The third kappa shape index (κ3) is 4.23. The molecule has 0 saturated carbocycles. The molecule has 4 nitrogen and oxygen atoms in total. The van der Waals surface area contributed by atoms with E-state index in [0.29, 0.717) is 17.9 Å². The first-order valence-corrected chi connectivity index (χ1v) is 7.07. The molecule has 1 unspecified atom stereocenters. The van der Waals surface area contributed by atoms with Gasteiger partial charge in [0, 0.05) is 6.07 Å². The third-order valence-electron chi connectivity index (χ3n) is 3.25. The first-order valence-electron chi connectivity index (χ1n) is 7.07. The molecule has 0 aliphatic rings. The lowest BCUT2D eigenvalue weighted by Gasteiger charge is -2.18. The van der Waals surface area contributed by atoms with Gasteiger partial charge in [0.25, 0.3) is 0 Å². The van der Waals surface area contributed by atoms with Crippen molar-refractivity contribution < 1.29 is 9.13 Å². The Hall–Kier alpha value is -2.01. The van der Waals surface area contributed by atoms with E-state index in [1.807, 2.05) is 6.07 Å². The number of hydrogen-bond acceptors (Lipinski definition) is 4. The van der Waals surface area contributed by atoms with Crippen LogP contribution in [-0.2, 0) is 6.42 Å². The zero-order valence-electron chi connectivity index (χ0n) is 12.3. The summed E-state index contributed by atoms with van der Waals surface area (Å²) in [5.41, 5.74) is 1.47. The van der Waals surface area contributed by atoms with E-state index < -0.39 is 0 Å². The maximum atomic E-state index is 13.8. The van der Waals surface area contributed by atoms with Crippen LogP contribution in [0.4, 0.5) is 4.39 Å². The Morgan fingerprint density at radius 2 is 2.10 bits per heavy atom. The number of aromatic nitrogens is 2. The van der Waals surface area contributed by atoms with Crippen molar-refractivity contribution >= 4 is 0 Å². The summed E-state index contributed by atoms with van der Waals surface area (Å²) in [5, 5.41) is 3.40. The number of methoxy groups -OCH3 is 1. The molecule has 5 heteroatoms. The summed E-state index contributed by atoms with van der Waals surface area (Å²) >= 11 is 0. The first-order chi connectivity index (χ1) is 10.2. The van der Waals surface area contributed by atoms with Gasteiger partial charge in [-0.25, -0.2) is 14.4 Å². The summed E-state index contributed by atoms with van der Waals surface area (Å²) in [7, 11) is 1.57. The molecule has 0 saturated heterocycles. The molecule has 1 atom stereocenters. The summed E-state index contributed by atoms with van der Waals surface area (Å²) in [6.45, 7) is 2.93. The lowest BCUT2D eigenvalue weighted by molar-refractivity contribution is 0.393. The van der Waals surface area contributed by atoms with Gasteiger partial charge < -0.3 is 10.1 Å². The molecule has 0 amide bonds. The number of halogens is 1. The second-order valence-electron chi connectivity index (χ2n) is 4.79. The minimum atomic E-state index is -0.193. The van der Waals surface area contributed by atoms with Crippen LogP contribution in [0.5, 0.6) is 5.88 Å². The second-order valence-corrected chi connectivity index (χ2v) is 4.79. The van der Waals surface area contributed by atoms with Gasteiger partial charge in [-0.1, -0.05) is 25.1 Å². The summed E-state index contributed by atoms with van der Waals surface area (Å²) in [5.74, 6) is 0.318. The molecular formula is C16H20FN3O. The quantitative estimate of drug-likeness (QED) is 0.851. The number of rotatable bonds is 7. The van der Waals surface area contributed by atoms with E-state index in [-0.39, 0.29) is 11.9 Å². The average Bonchev–Trinajstić information content (AvgIpc) is 2.53. The van der Waals surface area contributed by atoms with E-state index >= 15 is 0 Å². The fraction of sp³-hybridized carbons (Fsp3) is 0.375. The monoisotopic (exact) mass is 289 g/mol. The highest BCUT2D eigenvalue weighted by molar-refractivity contribution is 5.23. The lowest BCUT2D eigenvalue weighted by Crippen LogP contribution is -2.25. The zero-order valence-corrected chi connectivity index (χ0v) is 12.3. The molecule has 0 aliphatic heterocycles. The Bertz CT molecular complexity index is 577. The van der Waals surface area contributed by atoms with E-state index in [9.17, 15) is 4.39 Å². The van der Waals surface area contributed by atoms with Gasteiger partial charge >= 0.3 is 0 Å². The van der Waals surface area contributed by atoms with Gasteiger partial charge in [-0.2, -0.15) is 0 Å². The molecule has 1 N–H and O–H groups in total. The van der Waals surface area contributed by atoms with Gasteiger partial charge in [0.15, 0.2) is 0 Å². The lowest BCUT2D eigenvalue weighted by atomic mass is 10.0. The maximum Gasteiger partial charge on any atom is 0.216 e. The van der Waals surface area contributed by atoms with Crippen molar-refractivity contribution in [2.75, 3.05) is 13.7 Å².